The van der Waals surface area contributed by atoms with Gasteiger partial charge in [-0.05, 0) is 37.5 Å². The first-order valence-electron chi connectivity index (χ1n) is 8.96. The van der Waals surface area contributed by atoms with E-state index in [0.717, 1.165) is 12.0 Å². The van der Waals surface area contributed by atoms with Crippen LogP contribution >= 0.6 is 7.14 Å². The highest BCUT2D eigenvalue weighted by Gasteiger charge is 2.34. The fourth-order valence-corrected chi connectivity index (χ4v) is 2.35. The molecule has 0 aromatic heterocycles. The molecule has 2 aromatic rings. The van der Waals surface area contributed by atoms with Crippen molar-refractivity contribution in [2.24, 2.45) is 0 Å². The molecule has 27 heavy (non-hydrogen) atoms. The largest absolute Gasteiger partial charge is 0.445 e. The number of benzene rings is 2. The lowest BCUT2D eigenvalue weighted by molar-refractivity contribution is 0.133. The Morgan fingerprint density at radius 3 is 2.04 bits per heavy atom. The number of amides is 1. The van der Waals surface area contributed by atoms with Gasteiger partial charge in [-0.25, -0.2) is 4.79 Å². The smallest absolute Gasteiger partial charge is 0.407 e. The molecule has 1 amide bonds. The molecular formula is C21H28NO4P. The van der Waals surface area contributed by atoms with E-state index in [0.29, 0.717) is 6.61 Å². The number of alkyl carbamates (subject to hydrolysis) is 1. The van der Waals surface area contributed by atoms with Crippen LogP contribution in [0.5, 0.6) is 0 Å². The SMILES string of the molecule is CP(C)(C)=O.O=C(N[C@@H](Cc1ccccc1)[C@H]1CO1)OCc1ccccc1. The molecule has 1 heterocycles. The Labute approximate surface area is 161 Å². The monoisotopic (exact) mass is 389 g/mol. The van der Waals surface area contributed by atoms with Crippen LogP contribution < -0.4 is 5.32 Å². The minimum absolute atomic E-state index is 0.0503. The van der Waals surface area contributed by atoms with E-state index in [4.69, 9.17) is 9.47 Å². The lowest BCUT2D eigenvalue weighted by atomic mass is 10.0. The predicted octanol–water partition coefficient (Wildman–Crippen LogP) is 4.16. The molecular weight excluding hydrogens is 361 g/mol. The van der Waals surface area contributed by atoms with Crippen LogP contribution in [0.2, 0.25) is 0 Å². The van der Waals surface area contributed by atoms with Gasteiger partial charge in [0.15, 0.2) is 0 Å². The highest BCUT2D eigenvalue weighted by atomic mass is 31.2. The number of hydrogen-bond acceptors (Lipinski definition) is 4. The van der Waals surface area contributed by atoms with Crippen molar-refractivity contribution in [2.75, 3.05) is 26.6 Å². The number of epoxide rings is 1. The summed E-state index contributed by atoms with van der Waals surface area (Å²) in [6.07, 6.45) is 0.427. The summed E-state index contributed by atoms with van der Waals surface area (Å²) in [5.41, 5.74) is 2.14. The Hall–Kier alpha value is -2.10. The van der Waals surface area contributed by atoms with Gasteiger partial charge in [0.25, 0.3) is 0 Å². The van der Waals surface area contributed by atoms with Crippen molar-refractivity contribution in [2.45, 2.75) is 25.2 Å². The van der Waals surface area contributed by atoms with Crippen LogP contribution in [0.4, 0.5) is 4.79 Å². The second-order valence-corrected chi connectivity index (χ2v) is 11.0. The lowest BCUT2D eigenvalue weighted by Crippen LogP contribution is -2.40. The van der Waals surface area contributed by atoms with Crippen LogP contribution in [-0.4, -0.2) is 44.8 Å². The van der Waals surface area contributed by atoms with Crippen molar-refractivity contribution in [3.63, 3.8) is 0 Å². The Bertz CT molecular complexity index is 733. The molecule has 0 spiro atoms. The molecule has 1 aliphatic heterocycles. The summed E-state index contributed by atoms with van der Waals surface area (Å²) in [7, 11) is -1.64. The molecule has 2 atom stereocenters. The molecule has 1 aliphatic rings. The molecule has 0 bridgehead atoms. The van der Waals surface area contributed by atoms with E-state index in [1.54, 1.807) is 20.0 Å². The van der Waals surface area contributed by atoms with Crippen molar-refractivity contribution in [1.82, 2.24) is 5.32 Å². The van der Waals surface area contributed by atoms with Gasteiger partial charge in [0.2, 0.25) is 0 Å². The van der Waals surface area contributed by atoms with Crippen molar-refractivity contribution < 1.29 is 18.8 Å². The van der Waals surface area contributed by atoms with Crippen molar-refractivity contribution in [3.05, 3.63) is 71.8 Å². The summed E-state index contributed by atoms with van der Waals surface area (Å²) >= 11 is 0. The zero-order chi connectivity index (χ0) is 19.7. The van der Waals surface area contributed by atoms with E-state index in [9.17, 15) is 9.36 Å². The van der Waals surface area contributed by atoms with E-state index >= 15 is 0 Å². The minimum atomic E-state index is -1.64. The van der Waals surface area contributed by atoms with Gasteiger partial charge in [0.05, 0.1) is 19.8 Å². The zero-order valence-electron chi connectivity index (χ0n) is 16.1. The Morgan fingerprint density at radius 2 is 1.56 bits per heavy atom. The standard InChI is InChI=1S/C18H19NO3.C3H9OP/c20-18(22-12-15-9-5-2-6-10-15)19-16(17-13-21-17)11-14-7-3-1-4-8-14;1-5(2,3)4/h1-10,16-17H,11-13H2,(H,19,20);1-3H3/t16-,17+;/m0./s1. The average Bonchev–Trinajstić information content (AvgIpc) is 3.45. The highest BCUT2D eigenvalue weighted by molar-refractivity contribution is 7.61. The maximum absolute atomic E-state index is 12.0. The normalized spacial score (nSPS) is 16.5. The topological polar surface area (TPSA) is 67.9 Å². The van der Waals surface area contributed by atoms with E-state index in [1.807, 2.05) is 60.7 Å². The molecule has 146 valence electrons. The quantitative estimate of drug-likeness (QED) is 0.595. The number of ether oxygens (including phenoxy) is 2. The third kappa shape index (κ3) is 9.97. The molecule has 0 saturated carbocycles. The van der Waals surface area contributed by atoms with Crippen LogP contribution in [0.15, 0.2) is 60.7 Å². The molecule has 2 aromatic carbocycles. The van der Waals surface area contributed by atoms with Crippen LogP contribution in [0.1, 0.15) is 11.1 Å². The third-order valence-electron chi connectivity index (χ3n) is 3.62. The second-order valence-electron chi connectivity index (χ2n) is 7.26. The maximum atomic E-state index is 12.0. The summed E-state index contributed by atoms with van der Waals surface area (Å²) < 4.78 is 20.8. The molecule has 0 unspecified atom stereocenters. The van der Waals surface area contributed by atoms with Crippen molar-refractivity contribution in [3.8, 4) is 0 Å². The van der Waals surface area contributed by atoms with Gasteiger partial charge in [0, 0.05) is 0 Å². The number of hydrogen-bond donors (Lipinski definition) is 1. The average molecular weight is 389 g/mol. The van der Waals surface area contributed by atoms with Gasteiger partial charge >= 0.3 is 6.09 Å². The zero-order valence-corrected chi connectivity index (χ0v) is 17.0. The molecule has 1 fully saturated rings. The molecule has 0 aliphatic carbocycles. The van der Waals surface area contributed by atoms with E-state index in [2.05, 4.69) is 5.32 Å². The fourth-order valence-electron chi connectivity index (χ4n) is 2.35. The summed E-state index contributed by atoms with van der Waals surface area (Å²) in [5.74, 6) is 0. The molecule has 5 nitrogen and oxygen atoms in total. The van der Waals surface area contributed by atoms with Crippen molar-refractivity contribution in [1.29, 1.82) is 0 Å². The molecule has 6 heteroatoms. The fraction of sp³-hybridized carbons (Fsp3) is 0.381. The maximum Gasteiger partial charge on any atom is 0.407 e. The second kappa shape index (κ2) is 10.3. The predicted molar refractivity (Wildman–Crippen MR) is 109 cm³/mol. The number of carbonyl (C=O) groups is 1. The van der Waals surface area contributed by atoms with Crippen LogP contribution in [0.25, 0.3) is 0 Å². The van der Waals surface area contributed by atoms with Gasteiger partial charge in [-0.2, -0.15) is 0 Å². The third-order valence-corrected chi connectivity index (χ3v) is 3.62. The van der Waals surface area contributed by atoms with Gasteiger partial charge in [-0.15, -0.1) is 0 Å². The number of carbonyl (C=O) groups excluding carboxylic acids is 1. The molecule has 1 saturated heterocycles. The summed E-state index contributed by atoms with van der Waals surface area (Å²) in [4.78, 5) is 12.0. The van der Waals surface area contributed by atoms with Gasteiger partial charge < -0.3 is 19.4 Å². The Balaban J connectivity index is 0.000000465. The lowest BCUT2D eigenvalue weighted by Gasteiger charge is -2.16. The summed E-state index contributed by atoms with van der Waals surface area (Å²) in [5, 5.41) is 2.91. The summed E-state index contributed by atoms with van der Waals surface area (Å²) in [6, 6.07) is 19.7. The van der Waals surface area contributed by atoms with Crippen molar-refractivity contribution >= 4 is 13.2 Å². The molecule has 0 radical (unpaired) electrons. The van der Waals surface area contributed by atoms with Gasteiger partial charge in [-0.1, -0.05) is 60.7 Å². The van der Waals surface area contributed by atoms with Crippen LogP contribution in [0.3, 0.4) is 0 Å². The van der Waals surface area contributed by atoms with Crippen LogP contribution in [0, 0.1) is 0 Å². The summed E-state index contributed by atoms with van der Waals surface area (Å²) in [6.45, 7) is 6.19. The first kappa shape index (κ1) is 21.2. The van der Waals surface area contributed by atoms with E-state index in [-0.39, 0.29) is 18.8 Å². The first-order chi connectivity index (χ1) is 12.8. The number of nitrogens with one attached hydrogen (secondary N) is 1. The Kier molecular flexibility index (Phi) is 8.08. The number of rotatable bonds is 6. The van der Waals surface area contributed by atoms with Crippen LogP contribution in [-0.2, 0) is 27.1 Å². The Morgan fingerprint density at radius 1 is 1.07 bits per heavy atom. The first-order valence-corrected chi connectivity index (χ1v) is 12.0. The van der Waals surface area contributed by atoms with E-state index < -0.39 is 13.2 Å². The molecule has 3 rings (SSSR count). The molecule has 1 N–H and O–H groups in total. The minimum Gasteiger partial charge on any atom is -0.445 e. The van der Waals surface area contributed by atoms with Gasteiger partial charge in [0.1, 0.15) is 12.7 Å². The van der Waals surface area contributed by atoms with E-state index in [1.165, 1.54) is 5.56 Å². The highest BCUT2D eigenvalue weighted by Crippen LogP contribution is 2.28. The van der Waals surface area contributed by atoms with Gasteiger partial charge in [-0.3, -0.25) is 0 Å².